The molecule has 1 aromatic carbocycles. The Balaban J connectivity index is 3.00. The van der Waals surface area contributed by atoms with E-state index in [9.17, 15) is 4.79 Å². The molecule has 0 aliphatic rings. The number of esters is 1. The molecule has 3 heteroatoms. The Labute approximate surface area is 98.0 Å². The van der Waals surface area contributed by atoms with Gasteiger partial charge in [-0.25, -0.2) is 4.79 Å². The number of hydrogen-bond donors (Lipinski definition) is 0. The number of carbonyl (C=O) groups excluding carboxylic acids is 1. The zero-order chi connectivity index (χ0) is 12.2. The molecule has 0 aliphatic carbocycles. The molecular weight excluding hydrogens is 216 g/mol. The summed E-state index contributed by atoms with van der Waals surface area (Å²) in [6.07, 6.45) is 0. The van der Waals surface area contributed by atoms with Gasteiger partial charge in [-0.3, -0.25) is 0 Å². The Morgan fingerprint density at radius 3 is 2.31 bits per heavy atom. The zero-order valence-electron chi connectivity index (χ0n) is 10.3. The molecule has 0 radical (unpaired) electrons. The summed E-state index contributed by atoms with van der Waals surface area (Å²) in [6.45, 7) is 6.24. The highest BCUT2D eigenvalue weighted by Crippen LogP contribution is 2.09. The molecule has 86 valence electrons. The molecule has 0 heterocycles. The summed E-state index contributed by atoms with van der Waals surface area (Å²) in [4.78, 5) is 11.4. The molecule has 2 nitrogen and oxygen atoms in total. The first-order valence-electron chi connectivity index (χ1n) is 5.30. The number of carbonyl (C=O) groups is 1. The van der Waals surface area contributed by atoms with Crippen LogP contribution in [0.5, 0.6) is 0 Å². The minimum absolute atomic E-state index is 0.239. The summed E-state index contributed by atoms with van der Waals surface area (Å²) < 4.78 is 4.71. The maximum Gasteiger partial charge on any atom is 0.332 e. The van der Waals surface area contributed by atoms with E-state index in [1.165, 1.54) is 12.3 Å². The highest BCUT2D eigenvalue weighted by molar-refractivity contribution is 6.94. The Bertz CT molecular complexity index is 394. The van der Waals surface area contributed by atoms with Crippen molar-refractivity contribution in [3.63, 3.8) is 0 Å². The fourth-order valence-electron chi connectivity index (χ4n) is 1.71. The van der Waals surface area contributed by atoms with E-state index in [1.54, 1.807) is 0 Å². The first-order valence-corrected chi connectivity index (χ1v) is 8.38. The number of rotatable bonds is 3. The molecule has 0 saturated heterocycles. The van der Waals surface area contributed by atoms with E-state index in [-0.39, 0.29) is 5.97 Å². The van der Waals surface area contributed by atoms with Crippen molar-refractivity contribution in [2.45, 2.75) is 20.0 Å². The van der Waals surface area contributed by atoms with Crippen LogP contribution in [0.3, 0.4) is 0 Å². The van der Waals surface area contributed by atoms with Crippen molar-refractivity contribution in [3.8, 4) is 0 Å². The summed E-state index contributed by atoms with van der Waals surface area (Å²) in [6, 6.07) is 10.3. The van der Waals surface area contributed by atoms with Crippen molar-refractivity contribution in [1.29, 1.82) is 0 Å². The Morgan fingerprint density at radius 1 is 1.25 bits per heavy atom. The third-order valence-electron chi connectivity index (χ3n) is 2.60. The van der Waals surface area contributed by atoms with Gasteiger partial charge in [0, 0.05) is 5.57 Å². The standard InChI is InChI=1S/C13H18O2Si/c1-11(13(14)15-2)10-16(3,4)12-8-6-5-7-9-12/h5-10H,1-4H3. The fourth-order valence-corrected chi connectivity index (χ4v) is 4.13. The lowest BCUT2D eigenvalue weighted by Crippen LogP contribution is -2.40. The molecule has 0 unspecified atom stereocenters. The highest BCUT2D eigenvalue weighted by Gasteiger charge is 2.21. The molecule has 1 aromatic rings. The summed E-state index contributed by atoms with van der Waals surface area (Å²) >= 11 is 0. The monoisotopic (exact) mass is 234 g/mol. The van der Waals surface area contributed by atoms with Crippen LogP contribution >= 0.6 is 0 Å². The second-order valence-electron chi connectivity index (χ2n) is 4.41. The second-order valence-corrected chi connectivity index (χ2v) is 8.72. The Morgan fingerprint density at radius 2 is 1.81 bits per heavy atom. The van der Waals surface area contributed by atoms with E-state index in [2.05, 4.69) is 30.9 Å². The topological polar surface area (TPSA) is 26.3 Å². The normalized spacial score (nSPS) is 12.4. The van der Waals surface area contributed by atoms with Crippen LogP contribution in [0, 0.1) is 0 Å². The largest absolute Gasteiger partial charge is 0.466 e. The molecule has 0 atom stereocenters. The first-order chi connectivity index (χ1) is 7.47. The lowest BCUT2D eigenvalue weighted by atomic mass is 10.4. The van der Waals surface area contributed by atoms with Crippen molar-refractivity contribution in [2.75, 3.05) is 7.11 Å². The van der Waals surface area contributed by atoms with Gasteiger partial charge in [0.25, 0.3) is 0 Å². The number of ether oxygens (including phenoxy) is 1. The third-order valence-corrected chi connectivity index (χ3v) is 5.58. The Kier molecular flexibility index (Phi) is 4.07. The predicted molar refractivity (Wildman–Crippen MR) is 69.3 cm³/mol. The molecule has 0 saturated carbocycles. The molecule has 0 fully saturated rings. The van der Waals surface area contributed by atoms with Gasteiger partial charge in [0.15, 0.2) is 0 Å². The van der Waals surface area contributed by atoms with E-state index in [1.807, 2.05) is 25.1 Å². The predicted octanol–water partition coefficient (Wildman–Crippen LogP) is 2.26. The van der Waals surface area contributed by atoms with E-state index >= 15 is 0 Å². The highest BCUT2D eigenvalue weighted by atomic mass is 28.3. The van der Waals surface area contributed by atoms with Gasteiger partial charge in [-0.15, -0.1) is 0 Å². The second kappa shape index (κ2) is 5.12. The van der Waals surface area contributed by atoms with Crippen molar-refractivity contribution in [1.82, 2.24) is 0 Å². The molecule has 0 amide bonds. The van der Waals surface area contributed by atoms with Crippen LogP contribution < -0.4 is 5.19 Å². The molecule has 0 aromatic heterocycles. The van der Waals surface area contributed by atoms with Gasteiger partial charge in [-0.05, 0) is 6.92 Å². The van der Waals surface area contributed by atoms with Gasteiger partial charge in [0.2, 0.25) is 0 Å². The first kappa shape index (κ1) is 12.7. The van der Waals surface area contributed by atoms with Crippen LogP contribution in [-0.4, -0.2) is 21.2 Å². The van der Waals surface area contributed by atoms with Crippen LogP contribution in [0.2, 0.25) is 13.1 Å². The van der Waals surface area contributed by atoms with E-state index in [0.717, 1.165) is 0 Å². The molecule has 0 N–H and O–H groups in total. The van der Waals surface area contributed by atoms with Crippen LogP contribution in [0.25, 0.3) is 0 Å². The van der Waals surface area contributed by atoms with Gasteiger partial charge in [-0.1, -0.05) is 54.3 Å². The SMILES string of the molecule is COC(=O)C(C)=C[Si](C)(C)c1ccccc1. The van der Waals surface area contributed by atoms with Crippen molar-refractivity contribution in [3.05, 3.63) is 41.6 Å². The number of hydrogen-bond acceptors (Lipinski definition) is 2. The molecular formula is C13H18O2Si. The van der Waals surface area contributed by atoms with Gasteiger partial charge >= 0.3 is 5.97 Å². The van der Waals surface area contributed by atoms with E-state index < -0.39 is 8.07 Å². The van der Waals surface area contributed by atoms with E-state index in [4.69, 9.17) is 4.74 Å². The molecule has 1 rings (SSSR count). The van der Waals surface area contributed by atoms with Gasteiger partial charge in [0.1, 0.15) is 8.07 Å². The number of methoxy groups -OCH3 is 1. The van der Waals surface area contributed by atoms with Gasteiger partial charge < -0.3 is 4.74 Å². The minimum atomic E-state index is -1.68. The van der Waals surface area contributed by atoms with E-state index in [0.29, 0.717) is 5.57 Å². The van der Waals surface area contributed by atoms with Crippen molar-refractivity contribution in [2.24, 2.45) is 0 Å². The lowest BCUT2D eigenvalue weighted by Gasteiger charge is -2.19. The Hall–Kier alpha value is -1.35. The van der Waals surface area contributed by atoms with Crippen molar-refractivity contribution < 1.29 is 9.53 Å². The maximum absolute atomic E-state index is 11.4. The quantitative estimate of drug-likeness (QED) is 0.455. The van der Waals surface area contributed by atoms with Gasteiger partial charge in [-0.2, -0.15) is 0 Å². The van der Waals surface area contributed by atoms with Crippen LogP contribution in [0.4, 0.5) is 0 Å². The maximum atomic E-state index is 11.4. The fraction of sp³-hybridized carbons (Fsp3) is 0.308. The zero-order valence-corrected chi connectivity index (χ0v) is 11.3. The van der Waals surface area contributed by atoms with Crippen LogP contribution in [-0.2, 0) is 9.53 Å². The summed E-state index contributed by atoms with van der Waals surface area (Å²) in [5.74, 6) is -0.239. The molecule has 0 bridgehead atoms. The average molecular weight is 234 g/mol. The summed E-state index contributed by atoms with van der Waals surface area (Å²) in [7, 11) is -0.271. The van der Waals surface area contributed by atoms with Gasteiger partial charge in [0.05, 0.1) is 7.11 Å². The van der Waals surface area contributed by atoms with Crippen molar-refractivity contribution >= 4 is 19.2 Å². The lowest BCUT2D eigenvalue weighted by molar-refractivity contribution is -0.136. The molecule has 0 spiro atoms. The smallest absolute Gasteiger partial charge is 0.332 e. The average Bonchev–Trinajstić information content (AvgIpc) is 2.28. The minimum Gasteiger partial charge on any atom is -0.466 e. The van der Waals surface area contributed by atoms with Crippen LogP contribution in [0.15, 0.2) is 41.6 Å². The van der Waals surface area contributed by atoms with Crippen LogP contribution in [0.1, 0.15) is 6.92 Å². The molecule has 16 heavy (non-hydrogen) atoms. The third kappa shape index (κ3) is 3.07. The number of benzene rings is 1. The summed E-state index contributed by atoms with van der Waals surface area (Å²) in [5, 5.41) is 1.32. The summed E-state index contributed by atoms with van der Waals surface area (Å²) in [5.41, 5.74) is 2.77. The molecule has 0 aliphatic heterocycles.